The van der Waals surface area contributed by atoms with Crippen LogP contribution in [0, 0.1) is 13.8 Å². The summed E-state index contributed by atoms with van der Waals surface area (Å²) in [5, 5.41) is 1.80. The van der Waals surface area contributed by atoms with Crippen molar-refractivity contribution in [2.75, 3.05) is 36.8 Å². The second-order valence-electron chi connectivity index (χ2n) is 9.18. The first kappa shape index (κ1) is 22.5. The normalized spacial score (nSPS) is 16.2. The molecule has 0 bridgehead atoms. The summed E-state index contributed by atoms with van der Waals surface area (Å²) in [7, 11) is 0. The van der Waals surface area contributed by atoms with E-state index in [9.17, 15) is 4.79 Å². The van der Waals surface area contributed by atoms with E-state index in [4.69, 9.17) is 16.6 Å². The van der Waals surface area contributed by atoms with Gasteiger partial charge in [-0.15, -0.1) is 11.8 Å². The molecular formula is C27H30ClN3OS. The minimum absolute atomic E-state index is 0.220. The van der Waals surface area contributed by atoms with E-state index < -0.39 is 0 Å². The summed E-state index contributed by atoms with van der Waals surface area (Å²) in [5.41, 5.74) is 7.38. The molecule has 1 aliphatic heterocycles. The average molecular weight is 480 g/mol. The number of carbonyl (C=O) groups is 1. The molecule has 0 spiro atoms. The van der Waals surface area contributed by atoms with Crippen molar-refractivity contribution in [2.24, 2.45) is 0 Å². The Morgan fingerprint density at radius 3 is 2.64 bits per heavy atom. The van der Waals surface area contributed by atoms with E-state index in [-0.39, 0.29) is 5.91 Å². The van der Waals surface area contributed by atoms with Crippen LogP contribution in [0.2, 0.25) is 5.02 Å². The molecule has 33 heavy (non-hydrogen) atoms. The van der Waals surface area contributed by atoms with Crippen LogP contribution in [0.3, 0.4) is 0 Å². The maximum absolute atomic E-state index is 13.2. The monoisotopic (exact) mass is 479 g/mol. The topological polar surface area (TPSA) is 36.4 Å². The van der Waals surface area contributed by atoms with Crippen LogP contribution < -0.4 is 4.90 Å². The van der Waals surface area contributed by atoms with Gasteiger partial charge in [-0.05, 0) is 80.5 Å². The number of rotatable bonds is 4. The van der Waals surface area contributed by atoms with Gasteiger partial charge in [0.2, 0.25) is 5.91 Å². The number of benzene rings is 2. The fourth-order valence-corrected chi connectivity index (χ4v) is 6.34. The molecule has 0 atom stereocenters. The Balaban J connectivity index is 1.29. The van der Waals surface area contributed by atoms with Crippen LogP contribution in [0.25, 0.3) is 10.9 Å². The van der Waals surface area contributed by atoms with Gasteiger partial charge in [0.15, 0.2) is 0 Å². The molecule has 2 aromatic carbocycles. The summed E-state index contributed by atoms with van der Waals surface area (Å²) in [4.78, 5) is 23.7. The van der Waals surface area contributed by atoms with Crippen LogP contribution in [0.4, 0.5) is 5.69 Å². The number of amides is 1. The maximum Gasteiger partial charge on any atom is 0.233 e. The van der Waals surface area contributed by atoms with Crippen molar-refractivity contribution in [1.82, 2.24) is 9.88 Å². The van der Waals surface area contributed by atoms with Gasteiger partial charge in [0.25, 0.3) is 0 Å². The number of halogens is 1. The van der Waals surface area contributed by atoms with E-state index in [0.717, 1.165) is 54.9 Å². The average Bonchev–Trinajstić information content (AvgIpc) is 2.83. The Bertz CT molecular complexity index is 1200. The van der Waals surface area contributed by atoms with Gasteiger partial charge in [0.05, 0.1) is 11.3 Å². The standard InChI is InChI=1S/C27H30ClN3OS/c1-18-7-8-19(2)25(15-18)30-11-13-31(14-12-30)26(32)17-33-27-21-5-3-4-6-23(21)29-24-10-9-20(28)16-22(24)27/h7-10,15-16H,3-6,11-14,17H2,1-2H3. The number of aromatic nitrogens is 1. The summed E-state index contributed by atoms with van der Waals surface area (Å²) >= 11 is 8.00. The number of carbonyl (C=O) groups excluding carboxylic acids is 1. The van der Waals surface area contributed by atoms with Crippen LogP contribution in [0.15, 0.2) is 41.3 Å². The molecule has 0 saturated carbocycles. The Kier molecular flexibility index (Phi) is 6.53. The summed E-state index contributed by atoms with van der Waals surface area (Å²) < 4.78 is 0. The van der Waals surface area contributed by atoms with Crippen molar-refractivity contribution < 1.29 is 4.79 Å². The molecule has 1 amide bonds. The third-order valence-electron chi connectivity index (χ3n) is 6.85. The van der Waals surface area contributed by atoms with Crippen LogP contribution in [-0.2, 0) is 17.6 Å². The molecule has 4 nitrogen and oxygen atoms in total. The summed E-state index contributed by atoms with van der Waals surface area (Å²) in [6, 6.07) is 12.5. The molecule has 0 unspecified atom stereocenters. The molecule has 1 saturated heterocycles. The Morgan fingerprint density at radius 1 is 1.03 bits per heavy atom. The molecule has 172 valence electrons. The Morgan fingerprint density at radius 2 is 1.82 bits per heavy atom. The van der Waals surface area contributed by atoms with Gasteiger partial charge in [0.1, 0.15) is 0 Å². The number of aryl methyl sites for hydroxylation is 3. The number of piperazine rings is 1. The lowest BCUT2D eigenvalue weighted by Gasteiger charge is -2.37. The number of anilines is 1. The molecule has 1 aliphatic carbocycles. The van der Waals surface area contributed by atoms with Gasteiger partial charge in [-0.3, -0.25) is 9.78 Å². The minimum Gasteiger partial charge on any atom is -0.368 e. The highest BCUT2D eigenvalue weighted by atomic mass is 35.5. The number of hydrogen-bond acceptors (Lipinski definition) is 4. The second-order valence-corrected chi connectivity index (χ2v) is 10.6. The zero-order chi connectivity index (χ0) is 22.9. The highest BCUT2D eigenvalue weighted by Crippen LogP contribution is 2.37. The highest BCUT2D eigenvalue weighted by Gasteiger charge is 2.24. The molecule has 0 radical (unpaired) electrons. The number of pyridine rings is 1. The van der Waals surface area contributed by atoms with Gasteiger partial charge in [0, 0.05) is 52.9 Å². The SMILES string of the molecule is Cc1ccc(C)c(N2CCN(C(=O)CSc3c4c(nc5ccc(Cl)cc35)CCCC4)CC2)c1. The Labute approximate surface area is 205 Å². The van der Waals surface area contributed by atoms with E-state index in [0.29, 0.717) is 5.75 Å². The van der Waals surface area contributed by atoms with Crippen LogP contribution in [0.5, 0.6) is 0 Å². The number of hydrogen-bond donors (Lipinski definition) is 0. The summed E-state index contributed by atoms with van der Waals surface area (Å²) in [6.45, 7) is 7.60. The molecule has 0 N–H and O–H groups in total. The van der Waals surface area contributed by atoms with Gasteiger partial charge < -0.3 is 9.80 Å². The zero-order valence-electron chi connectivity index (χ0n) is 19.4. The van der Waals surface area contributed by atoms with Gasteiger partial charge in [-0.1, -0.05) is 23.7 Å². The van der Waals surface area contributed by atoms with Crippen molar-refractivity contribution >= 4 is 45.9 Å². The van der Waals surface area contributed by atoms with E-state index >= 15 is 0 Å². The number of thioether (sulfide) groups is 1. The van der Waals surface area contributed by atoms with Crippen molar-refractivity contribution in [3.8, 4) is 0 Å². The van der Waals surface area contributed by atoms with Crippen LogP contribution in [-0.4, -0.2) is 47.7 Å². The largest absolute Gasteiger partial charge is 0.368 e. The smallest absolute Gasteiger partial charge is 0.233 e. The number of fused-ring (bicyclic) bond motifs is 2. The molecule has 1 aromatic heterocycles. The van der Waals surface area contributed by atoms with Crippen LogP contribution in [0.1, 0.15) is 35.2 Å². The molecular weight excluding hydrogens is 450 g/mol. The lowest BCUT2D eigenvalue weighted by atomic mass is 9.94. The summed E-state index contributed by atoms with van der Waals surface area (Å²) in [5.74, 6) is 0.679. The quantitative estimate of drug-likeness (QED) is 0.441. The van der Waals surface area contributed by atoms with Gasteiger partial charge in [-0.2, -0.15) is 0 Å². The van der Waals surface area contributed by atoms with Crippen LogP contribution >= 0.6 is 23.4 Å². The van der Waals surface area contributed by atoms with Crippen molar-refractivity contribution in [1.29, 1.82) is 0 Å². The van der Waals surface area contributed by atoms with E-state index in [1.165, 1.54) is 45.8 Å². The van der Waals surface area contributed by atoms with E-state index in [1.807, 2.05) is 23.1 Å². The maximum atomic E-state index is 13.2. The second kappa shape index (κ2) is 9.55. The molecule has 1 fully saturated rings. The highest BCUT2D eigenvalue weighted by molar-refractivity contribution is 8.00. The molecule has 6 heteroatoms. The third kappa shape index (κ3) is 4.71. The van der Waals surface area contributed by atoms with Gasteiger partial charge in [-0.25, -0.2) is 0 Å². The van der Waals surface area contributed by atoms with Crippen molar-refractivity contribution in [2.45, 2.75) is 44.4 Å². The summed E-state index contributed by atoms with van der Waals surface area (Å²) in [6.07, 6.45) is 4.43. The Hall–Kier alpha value is -2.24. The zero-order valence-corrected chi connectivity index (χ0v) is 20.9. The molecule has 2 heterocycles. The first-order valence-electron chi connectivity index (χ1n) is 11.8. The van der Waals surface area contributed by atoms with Crippen molar-refractivity contribution in [3.05, 3.63) is 63.8 Å². The van der Waals surface area contributed by atoms with Crippen molar-refractivity contribution in [3.63, 3.8) is 0 Å². The first-order valence-corrected chi connectivity index (χ1v) is 13.2. The van der Waals surface area contributed by atoms with E-state index in [2.05, 4.69) is 36.9 Å². The lowest BCUT2D eigenvalue weighted by Crippen LogP contribution is -2.49. The lowest BCUT2D eigenvalue weighted by molar-refractivity contribution is -0.128. The predicted octanol–water partition coefficient (Wildman–Crippen LogP) is 5.82. The first-order chi connectivity index (χ1) is 16.0. The van der Waals surface area contributed by atoms with Gasteiger partial charge >= 0.3 is 0 Å². The fraction of sp³-hybridized carbons (Fsp3) is 0.407. The fourth-order valence-electron chi connectivity index (χ4n) is 5.00. The molecule has 5 rings (SSSR count). The van der Waals surface area contributed by atoms with E-state index in [1.54, 1.807) is 11.8 Å². The third-order valence-corrected chi connectivity index (χ3v) is 8.23. The predicted molar refractivity (Wildman–Crippen MR) is 139 cm³/mol. The number of nitrogens with zero attached hydrogens (tertiary/aromatic N) is 3. The molecule has 3 aromatic rings. The molecule has 2 aliphatic rings. The minimum atomic E-state index is 0.220.